The van der Waals surface area contributed by atoms with E-state index in [1.807, 2.05) is 30.3 Å². The van der Waals surface area contributed by atoms with Crippen molar-refractivity contribution in [2.75, 3.05) is 26.8 Å². The molecule has 2 rings (SSSR count). The SMILES string of the molecule is COC(CNC(=O)NCCOc1cccc(F)c1)c1ccccc1. The van der Waals surface area contributed by atoms with Crippen LogP contribution in [0.1, 0.15) is 11.7 Å². The normalized spacial score (nSPS) is 11.6. The molecule has 2 amide bonds. The number of benzene rings is 2. The molecule has 128 valence electrons. The lowest BCUT2D eigenvalue weighted by Gasteiger charge is -2.16. The molecule has 0 aromatic heterocycles. The fourth-order valence-electron chi connectivity index (χ4n) is 2.14. The first-order chi connectivity index (χ1) is 11.7. The largest absolute Gasteiger partial charge is 0.492 e. The van der Waals surface area contributed by atoms with Crippen LogP contribution in [0.3, 0.4) is 0 Å². The number of methoxy groups -OCH3 is 1. The zero-order valence-corrected chi connectivity index (χ0v) is 13.5. The summed E-state index contributed by atoms with van der Waals surface area (Å²) in [6.45, 7) is 0.922. The second-order valence-corrected chi connectivity index (χ2v) is 5.08. The molecule has 0 radical (unpaired) electrons. The smallest absolute Gasteiger partial charge is 0.315 e. The highest BCUT2D eigenvalue weighted by molar-refractivity contribution is 5.73. The lowest BCUT2D eigenvalue weighted by atomic mass is 10.1. The average molecular weight is 332 g/mol. The summed E-state index contributed by atoms with van der Waals surface area (Å²) in [4.78, 5) is 11.8. The van der Waals surface area contributed by atoms with Crippen molar-refractivity contribution >= 4 is 6.03 Å². The van der Waals surface area contributed by atoms with Gasteiger partial charge in [-0.25, -0.2) is 9.18 Å². The number of amides is 2. The van der Waals surface area contributed by atoms with Gasteiger partial charge in [-0.05, 0) is 17.7 Å². The van der Waals surface area contributed by atoms with Crippen LogP contribution >= 0.6 is 0 Å². The summed E-state index contributed by atoms with van der Waals surface area (Å²) < 4.78 is 23.7. The Morgan fingerprint density at radius 3 is 2.62 bits per heavy atom. The second kappa shape index (κ2) is 9.52. The summed E-state index contributed by atoms with van der Waals surface area (Å²) in [6.07, 6.45) is -0.208. The summed E-state index contributed by atoms with van der Waals surface area (Å²) in [6, 6.07) is 15.2. The Bertz CT molecular complexity index is 637. The van der Waals surface area contributed by atoms with E-state index in [1.54, 1.807) is 19.2 Å². The van der Waals surface area contributed by atoms with E-state index in [0.717, 1.165) is 5.56 Å². The van der Waals surface area contributed by atoms with Crippen LogP contribution in [-0.4, -0.2) is 32.8 Å². The van der Waals surface area contributed by atoms with E-state index in [2.05, 4.69) is 10.6 Å². The first-order valence-electron chi connectivity index (χ1n) is 7.67. The molecule has 0 spiro atoms. The van der Waals surface area contributed by atoms with Crippen LogP contribution in [0.15, 0.2) is 54.6 Å². The molecule has 0 heterocycles. The molecule has 0 bridgehead atoms. The van der Waals surface area contributed by atoms with Gasteiger partial charge in [0.2, 0.25) is 0 Å². The van der Waals surface area contributed by atoms with E-state index < -0.39 is 0 Å². The lowest BCUT2D eigenvalue weighted by Crippen LogP contribution is -2.39. The monoisotopic (exact) mass is 332 g/mol. The van der Waals surface area contributed by atoms with Crippen LogP contribution in [0, 0.1) is 5.82 Å². The molecule has 2 N–H and O–H groups in total. The maximum absolute atomic E-state index is 13.0. The molecular formula is C18H21FN2O3. The summed E-state index contributed by atoms with van der Waals surface area (Å²) in [5, 5.41) is 5.42. The van der Waals surface area contributed by atoms with Crippen molar-refractivity contribution < 1.29 is 18.7 Å². The molecule has 5 nitrogen and oxygen atoms in total. The molecule has 0 aliphatic carbocycles. The molecule has 0 saturated heterocycles. The predicted molar refractivity (Wildman–Crippen MR) is 89.5 cm³/mol. The van der Waals surface area contributed by atoms with Gasteiger partial charge >= 0.3 is 6.03 Å². The Kier molecular flexibility index (Phi) is 7.04. The number of rotatable bonds is 8. The quantitative estimate of drug-likeness (QED) is 0.731. The van der Waals surface area contributed by atoms with Crippen molar-refractivity contribution in [2.24, 2.45) is 0 Å². The molecule has 0 aliphatic rings. The van der Waals surface area contributed by atoms with E-state index >= 15 is 0 Å². The summed E-state index contributed by atoms with van der Waals surface area (Å²) in [7, 11) is 1.60. The van der Waals surface area contributed by atoms with Gasteiger partial charge in [0.05, 0.1) is 12.6 Å². The van der Waals surface area contributed by atoms with E-state index in [0.29, 0.717) is 18.8 Å². The van der Waals surface area contributed by atoms with Gasteiger partial charge in [-0.2, -0.15) is 0 Å². The maximum Gasteiger partial charge on any atom is 0.315 e. The van der Waals surface area contributed by atoms with Crippen molar-refractivity contribution in [1.82, 2.24) is 10.6 Å². The van der Waals surface area contributed by atoms with Crippen molar-refractivity contribution in [3.8, 4) is 5.75 Å². The molecule has 0 fully saturated rings. The Morgan fingerprint density at radius 2 is 1.92 bits per heavy atom. The third-order valence-corrected chi connectivity index (χ3v) is 3.36. The molecule has 6 heteroatoms. The zero-order chi connectivity index (χ0) is 17.2. The minimum absolute atomic E-state index is 0.208. The molecule has 1 atom stereocenters. The third kappa shape index (κ3) is 5.89. The highest BCUT2D eigenvalue weighted by atomic mass is 19.1. The Labute approximate surface area is 140 Å². The number of hydrogen-bond acceptors (Lipinski definition) is 3. The minimum Gasteiger partial charge on any atom is -0.492 e. The Hall–Kier alpha value is -2.60. The van der Waals surface area contributed by atoms with Gasteiger partial charge < -0.3 is 20.1 Å². The van der Waals surface area contributed by atoms with Crippen molar-refractivity contribution in [3.63, 3.8) is 0 Å². The molecule has 1 unspecified atom stereocenters. The van der Waals surface area contributed by atoms with Crippen LogP contribution < -0.4 is 15.4 Å². The zero-order valence-electron chi connectivity index (χ0n) is 13.5. The second-order valence-electron chi connectivity index (χ2n) is 5.08. The number of urea groups is 1. The third-order valence-electron chi connectivity index (χ3n) is 3.36. The highest BCUT2D eigenvalue weighted by Crippen LogP contribution is 2.14. The number of hydrogen-bond donors (Lipinski definition) is 2. The molecule has 0 saturated carbocycles. The first-order valence-corrected chi connectivity index (χ1v) is 7.67. The van der Waals surface area contributed by atoms with Crippen LogP contribution in [0.5, 0.6) is 5.75 Å². The summed E-state index contributed by atoms with van der Waals surface area (Å²) >= 11 is 0. The van der Waals surface area contributed by atoms with Crippen LogP contribution in [-0.2, 0) is 4.74 Å². The lowest BCUT2D eigenvalue weighted by molar-refractivity contribution is 0.104. The topological polar surface area (TPSA) is 59.6 Å². The number of carbonyl (C=O) groups is 1. The van der Waals surface area contributed by atoms with Gasteiger partial charge in [0.15, 0.2) is 0 Å². The molecule has 0 aliphatic heterocycles. The van der Waals surface area contributed by atoms with Crippen molar-refractivity contribution in [1.29, 1.82) is 0 Å². The first kappa shape index (κ1) is 17.7. The van der Waals surface area contributed by atoms with Gasteiger partial charge in [-0.3, -0.25) is 0 Å². The molecular weight excluding hydrogens is 311 g/mol. The predicted octanol–water partition coefficient (Wildman–Crippen LogP) is 2.89. The van der Waals surface area contributed by atoms with E-state index in [4.69, 9.17) is 9.47 Å². The van der Waals surface area contributed by atoms with Crippen LogP contribution in [0.4, 0.5) is 9.18 Å². The van der Waals surface area contributed by atoms with E-state index in [1.165, 1.54) is 12.1 Å². The van der Waals surface area contributed by atoms with Crippen LogP contribution in [0.2, 0.25) is 0 Å². The minimum atomic E-state index is -0.357. The molecule has 24 heavy (non-hydrogen) atoms. The number of ether oxygens (including phenoxy) is 2. The fraction of sp³-hybridized carbons (Fsp3) is 0.278. The number of carbonyl (C=O) groups excluding carboxylic acids is 1. The van der Waals surface area contributed by atoms with E-state index in [9.17, 15) is 9.18 Å². The number of nitrogens with one attached hydrogen (secondary N) is 2. The van der Waals surface area contributed by atoms with Gasteiger partial charge in [0, 0.05) is 19.7 Å². The Morgan fingerprint density at radius 1 is 1.12 bits per heavy atom. The Balaban J connectivity index is 1.66. The highest BCUT2D eigenvalue weighted by Gasteiger charge is 2.11. The van der Waals surface area contributed by atoms with Crippen molar-refractivity contribution in [3.05, 3.63) is 66.0 Å². The van der Waals surface area contributed by atoms with Gasteiger partial charge in [-0.15, -0.1) is 0 Å². The molecule has 2 aromatic rings. The van der Waals surface area contributed by atoms with Gasteiger partial charge in [0.25, 0.3) is 0 Å². The average Bonchev–Trinajstić information content (AvgIpc) is 2.60. The van der Waals surface area contributed by atoms with Gasteiger partial charge in [-0.1, -0.05) is 36.4 Å². The van der Waals surface area contributed by atoms with Gasteiger partial charge in [0.1, 0.15) is 18.2 Å². The number of halogens is 1. The molecule has 2 aromatic carbocycles. The summed E-state index contributed by atoms with van der Waals surface area (Å²) in [5.41, 5.74) is 0.995. The fourth-order valence-corrected chi connectivity index (χ4v) is 2.14. The van der Waals surface area contributed by atoms with Crippen molar-refractivity contribution in [2.45, 2.75) is 6.10 Å². The van der Waals surface area contributed by atoms with E-state index in [-0.39, 0.29) is 24.6 Å². The summed E-state index contributed by atoms with van der Waals surface area (Å²) in [5.74, 6) is 0.0745. The maximum atomic E-state index is 13.0. The standard InChI is InChI=1S/C18H21FN2O3/c1-23-17(14-6-3-2-4-7-14)13-21-18(22)20-10-11-24-16-9-5-8-15(19)12-16/h2-9,12,17H,10-11,13H2,1H3,(H2,20,21,22). The van der Waals surface area contributed by atoms with Crippen LogP contribution in [0.25, 0.3) is 0 Å².